The molecule has 1 aromatic rings. The van der Waals surface area contributed by atoms with Gasteiger partial charge in [-0.3, -0.25) is 9.59 Å². The summed E-state index contributed by atoms with van der Waals surface area (Å²) in [5, 5.41) is 32.9. The van der Waals surface area contributed by atoms with Crippen molar-refractivity contribution >= 4 is 34.4 Å². The SMILES string of the molecule is COc1cc(CO)cc(I)c1OC1C=C(C(=O)NCCO)CC(N(CCC(C)C)C(=O)C=C(C)C)C1O. The van der Waals surface area contributed by atoms with Crippen LogP contribution in [0.3, 0.4) is 0 Å². The molecule has 2 amide bonds. The number of ether oxygens (including phenoxy) is 2. The van der Waals surface area contributed by atoms with Gasteiger partial charge in [0.25, 0.3) is 0 Å². The maximum absolute atomic E-state index is 13.2. The molecule has 3 unspecified atom stereocenters. The van der Waals surface area contributed by atoms with Crippen LogP contribution in [-0.4, -0.2) is 77.1 Å². The number of carbonyl (C=O) groups excluding carboxylic acids is 2. The van der Waals surface area contributed by atoms with E-state index in [2.05, 4.69) is 41.8 Å². The molecule has 0 spiro atoms. The van der Waals surface area contributed by atoms with Crippen LogP contribution < -0.4 is 14.8 Å². The molecular weight excluding hydrogens is 591 g/mol. The average molecular weight is 631 g/mol. The van der Waals surface area contributed by atoms with Gasteiger partial charge in [0.05, 0.1) is 29.9 Å². The largest absolute Gasteiger partial charge is 0.493 e. The number of aliphatic hydroxyl groups is 3. The third-order valence-corrected chi connectivity index (χ3v) is 6.78. The molecule has 9 nitrogen and oxygen atoms in total. The fourth-order valence-corrected chi connectivity index (χ4v) is 4.85. The molecule has 1 aromatic carbocycles. The van der Waals surface area contributed by atoms with Crippen LogP contribution >= 0.6 is 22.6 Å². The molecule has 0 aromatic heterocycles. The summed E-state index contributed by atoms with van der Waals surface area (Å²) in [4.78, 5) is 27.8. The molecule has 0 saturated carbocycles. The standard InChI is InChI=1S/C27H39IN2O7/c1-16(2)6-8-30(24(33)10-17(3)4)21-13-19(27(35)29-7-9-31)14-22(25(21)34)37-26-20(28)11-18(15-32)12-23(26)36-5/h10-12,14,16,21-22,25,31-32,34H,6-9,13,15H2,1-5H3,(H,29,35). The highest BCUT2D eigenvalue weighted by atomic mass is 127. The highest BCUT2D eigenvalue weighted by molar-refractivity contribution is 14.1. The van der Waals surface area contributed by atoms with E-state index in [0.717, 1.165) is 12.0 Å². The average Bonchev–Trinajstić information content (AvgIpc) is 2.84. The van der Waals surface area contributed by atoms with Crippen LogP contribution in [0.5, 0.6) is 11.5 Å². The summed E-state index contributed by atoms with van der Waals surface area (Å²) >= 11 is 2.06. The highest BCUT2D eigenvalue weighted by Gasteiger charge is 2.40. The van der Waals surface area contributed by atoms with Crippen molar-refractivity contribution in [3.05, 3.63) is 44.6 Å². The summed E-state index contributed by atoms with van der Waals surface area (Å²) < 4.78 is 12.4. The van der Waals surface area contributed by atoms with Gasteiger partial charge in [-0.15, -0.1) is 0 Å². The van der Waals surface area contributed by atoms with Gasteiger partial charge in [0.1, 0.15) is 12.2 Å². The van der Waals surface area contributed by atoms with Crippen molar-refractivity contribution in [2.75, 3.05) is 26.8 Å². The Morgan fingerprint density at radius 1 is 1.27 bits per heavy atom. The number of allylic oxidation sites excluding steroid dienone is 1. The van der Waals surface area contributed by atoms with Crippen molar-refractivity contribution in [3.8, 4) is 11.5 Å². The lowest BCUT2D eigenvalue weighted by molar-refractivity contribution is -0.133. The monoisotopic (exact) mass is 630 g/mol. The van der Waals surface area contributed by atoms with E-state index in [0.29, 0.717) is 38.7 Å². The summed E-state index contributed by atoms with van der Waals surface area (Å²) in [5.74, 6) is 0.437. The summed E-state index contributed by atoms with van der Waals surface area (Å²) in [5.41, 5.74) is 1.83. The first-order valence-corrected chi connectivity index (χ1v) is 13.5. The van der Waals surface area contributed by atoms with Crippen molar-refractivity contribution < 1.29 is 34.4 Å². The van der Waals surface area contributed by atoms with Crippen molar-refractivity contribution in [1.29, 1.82) is 0 Å². The second kappa shape index (κ2) is 14.7. The fourth-order valence-electron chi connectivity index (χ4n) is 4.06. The zero-order valence-corrected chi connectivity index (χ0v) is 24.3. The van der Waals surface area contributed by atoms with Crippen LogP contribution in [0.1, 0.15) is 46.1 Å². The van der Waals surface area contributed by atoms with Gasteiger partial charge in [-0.05, 0) is 72.5 Å². The Bertz CT molecular complexity index is 1000. The van der Waals surface area contributed by atoms with Crippen molar-refractivity contribution in [3.63, 3.8) is 0 Å². The number of amides is 2. The normalized spacial score (nSPS) is 19.2. The van der Waals surface area contributed by atoms with E-state index in [1.54, 1.807) is 23.1 Å². The lowest BCUT2D eigenvalue weighted by Crippen LogP contribution is -2.55. The molecule has 2 rings (SSSR count). The van der Waals surface area contributed by atoms with E-state index in [1.165, 1.54) is 13.2 Å². The molecular formula is C27H39IN2O7. The number of nitrogens with one attached hydrogen (secondary N) is 1. The molecule has 0 radical (unpaired) electrons. The van der Waals surface area contributed by atoms with Gasteiger partial charge < -0.3 is 35.0 Å². The van der Waals surface area contributed by atoms with E-state index in [1.807, 2.05) is 13.8 Å². The van der Waals surface area contributed by atoms with Crippen molar-refractivity contribution in [2.24, 2.45) is 5.92 Å². The van der Waals surface area contributed by atoms with Crippen LogP contribution in [0.25, 0.3) is 0 Å². The second-order valence-corrected chi connectivity index (χ2v) is 10.9. The fraction of sp³-hybridized carbons (Fsp3) is 0.556. The van der Waals surface area contributed by atoms with Crippen LogP contribution in [0.15, 0.2) is 35.4 Å². The Kier molecular flexibility index (Phi) is 12.3. The number of carbonyl (C=O) groups is 2. The number of hydrogen-bond acceptors (Lipinski definition) is 7. The highest BCUT2D eigenvalue weighted by Crippen LogP contribution is 2.37. The molecule has 10 heteroatoms. The number of hydrogen-bond donors (Lipinski definition) is 4. The third-order valence-electron chi connectivity index (χ3n) is 5.98. The van der Waals surface area contributed by atoms with Gasteiger partial charge in [-0.1, -0.05) is 19.4 Å². The minimum absolute atomic E-state index is 0.0804. The summed E-state index contributed by atoms with van der Waals surface area (Å²) in [6, 6.07) is 2.68. The Morgan fingerprint density at radius 3 is 2.54 bits per heavy atom. The predicted octanol–water partition coefficient (Wildman–Crippen LogP) is 2.55. The lowest BCUT2D eigenvalue weighted by Gasteiger charge is -2.40. The van der Waals surface area contributed by atoms with E-state index >= 15 is 0 Å². The first-order chi connectivity index (χ1) is 17.5. The molecule has 4 N–H and O–H groups in total. The molecule has 1 aliphatic rings. The van der Waals surface area contributed by atoms with Gasteiger partial charge in [-0.25, -0.2) is 0 Å². The first kappa shape index (κ1) is 31.1. The smallest absolute Gasteiger partial charge is 0.247 e. The molecule has 0 aliphatic heterocycles. The molecule has 0 fully saturated rings. The summed E-state index contributed by atoms with van der Waals surface area (Å²) in [6.07, 6.45) is 1.87. The number of aliphatic hydroxyl groups excluding tert-OH is 3. The van der Waals surface area contributed by atoms with E-state index < -0.39 is 24.2 Å². The van der Waals surface area contributed by atoms with Crippen molar-refractivity contribution in [1.82, 2.24) is 10.2 Å². The predicted molar refractivity (Wildman–Crippen MR) is 149 cm³/mol. The van der Waals surface area contributed by atoms with E-state index in [9.17, 15) is 19.8 Å². The van der Waals surface area contributed by atoms with Crippen LogP contribution in [0.4, 0.5) is 0 Å². The van der Waals surface area contributed by atoms with Crippen molar-refractivity contribution in [2.45, 2.75) is 65.4 Å². The number of rotatable bonds is 12. The van der Waals surface area contributed by atoms with Gasteiger partial charge in [0.2, 0.25) is 11.8 Å². The van der Waals surface area contributed by atoms with E-state index in [4.69, 9.17) is 14.6 Å². The summed E-state index contributed by atoms with van der Waals surface area (Å²) in [6.45, 7) is 7.89. The Morgan fingerprint density at radius 2 is 1.97 bits per heavy atom. The molecule has 0 bridgehead atoms. The van der Waals surface area contributed by atoms with Gasteiger partial charge in [-0.2, -0.15) is 0 Å². The minimum atomic E-state index is -1.13. The molecule has 0 heterocycles. The molecule has 1 aliphatic carbocycles. The molecule has 3 atom stereocenters. The van der Waals surface area contributed by atoms with Gasteiger partial charge in [0, 0.05) is 31.2 Å². The van der Waals surface area contributed by atoms with Crippen LogP contribution in [0.2, 0.25) is 0 Å². The quantitative estimate of drug-likeness (QED) is 0.207. The number of methoxy groups -OCH3 is 1. The Labute approximate surface area is 232 Å². The lowest BCUT2D eigenvalue weighted by atomic mass is 9.87. The molecule has 37 heavy (non-hydrogen) atoms. The second-order valence-electron chi connectivity index (χ2n) is 9.72. The molecule has 0 saturated heterocycles. The van der Waals surface area contributed by atoms with Gasteiger partial charge in [0.15, 0.2) is 11.5 Å². The minimum Gasteiger partial charge on any atom is -0.493 e. The van der Waals surface area contributed by atoms with Crippen LogP contribution in [-0.2, 0) is 16.2 Å². The zero-order valence-electron chi connectivity index (χ0n) is 22.2. The number of nitrogens with zero attached hydrogens (tertiary/aromatic N) is 1. The summed E-state index contributed by atoms with van der Waals surface area (Å²) in [7, 11) is 1.48. The van der Waals surface area contributed by atoms with E-state index in [-0.39, 0.29) is 32.1 Å². The maximum atomic E-state index is 13.2. The first-order valence-electron chi connectivity index (χ1n) is 12.4. The third kappa shape index (κ3) is 8.69. The number of halogens is 1. The zero-order chi connectivity index (χ0) is 27.7. The Hall–Kier alpha value is -2.15. The topological polar surface area (TPSA) is 129 Å². The van der Waals surface area contributed by atoms with Crippen LogP contribution in [0, 0.1) is 9.49 Å². The van der Waals surface area contributed by atoms with Gasteiger partial charge >= 0.3 is 0 Å². The number of benzene rings is 1. The Balaban J connectivity index is 2.53. The molecule has 206 valence electrons. The maximum Gasteiger partial charge on any atom is 0.247 e.